The smallest absolute Gasteiger partial charge is 0.325 e. The second kappa shape index (κ2) is 4.24. The van der Waals surface area contributed by atoms with Gasteiger partial charge in [0.05, 0.1) is 11.3 Å². The quantitative estimate of drug-likeness (QED) is 0.880. The molecule has 0 unspecified atom stereocenters. The predicted octanol–water partition coefficient (Wildman–Crippen LogP) is 3.94. The lowest BCUT2D eigenvalue weighted by Crippen LogP contribution is -2.21. The van der Waals surface area contributed by atoms with Crippen LogP contribution >= 0.6 is 0 Å². The molecule has 112 valence electrons. The molecular weight excluding hydrogens is 279 g/mol. The third-order valence-corrected chi connectivity index (χ3v) is 5.53. The number of nitrogens with one attached hydrogen (secondary N) is 1. The number of fused-ring (bicyclic) bond motifs is 5. The number of halogens is 3. The van der Waals surface area contributed by atoms with Crippen LogP contribution < -0.4 is 5.32 Å². The molecule has 3 fully saturated rings. The molecule has 4 rings (SSSR count). The van der Waals surface area contributed by atoms with Crippen molar-refractivity contribution in [1.82, 2.24) is 0 Å². The van der Waals surface area contributed by atoms with Gasteiger partial charge in [0.15, 0.2) is 0 Å². The van der Waals surface area contributed by atoms with Crippen molar-refractivity contribution in [2.45, 2.75) is 25.4 Å². The third kappa shape index (κ3) is 1.97. The lowest BCUT2D eigenvalue weighted by atomic mass is 10.0. The van der Waals surface area contributed by atoms with E-state index in [-0.39, 0.29) is 17.5 Å². The Balaban J connectivity index is 1.52. The molecule has 21 heavy (non-hydrogen) atoms. The van der Waals surface area contributed by atoms with Crippen molar-refractivity contribution in [3.63, 3.8) is 0 Å². The van der Waals surface area contributed by atoms with E-state index in [0.717, 1.165) is 6.07 Å². The molecule has 4 atom stereocenters. The number of hydrogen-bond acceptors (Lipinski definition) is 1. The molecule has 1 amide bonds. The van der Waals surface area contributed by atoms with E-state index in [1.807, 2.05) is 0 Å². The summed E-state index contributed by atoms with van der Waals surface area (Å²) in [5, 5.41) is 2.52. The van der Waals surface area contributed by atoms with Crippen LogP contribution in [0.2, 0.25) is 0 Å². The first-order chi connectivity index (χ1) is 9.97. The van der Waals surface area contributed by atoms with Gasteiger partial charge in [-0.3, -0.25) is 4.79 Å². The highest BCUT2D eigenvalue weighted by molar-refractivity contribution is 5.95. The van der Waals surface area contributed by atoms with Crippen molar-refractivity contribution >= 4 is 11.6 Å². The molecule has 3 saturated carbocycles. The molecule has 0 spiro atoms. The van der Waals surface area contributed by atoms with E-state index >= 15 is 0 Å². The van der Waals surface area contributed by atoms with Crippen LogP contribution in [0.25, 0.3) is 0 Å². The summed E-state index contributed by atoms with van der Waals surface area (Å²) in [4.78, 5) is 12.3. The van der Waals surface area contributed by atoms with E-state index in [1.54, 1.807) is 0 Å². The Morgan fingerprint density at radius 1 is 1.10 bits per heavy atom. The molecule has 0 heterocycles. The fraction of sp³-hybridized carbons (Fsp3) is 0.562. The van der Waals surface area contributed by atoms with E-state index in [0.29, 0.717) is 23.7 Å². The van der Waals surface area contributed by atoms with Gasteiger partial charge in [0.1, 0.15) is 0 Å². The monoisotopic (exact) mass is 295 g/mol. The number of carbonyl (C=O) groups excluding carboxylic acids is 1. The zero-order valence-corrected chi connectivity index (χ0v) is 11.4. The van der Waals surface area contributed by atoms with Crippen LogP contribution in [0, 0.1) is 29.6 Å². The zero-order chi connectivity index (χ0) is 14.8. The lowest BCUT2D eigenvalue weighted by Gasteiger charge is -2.14. The van der Waals surface area contributed by atoms with Crippen molar-refractivity contribution in [2.24, 2.45) is 29.6 Å². The minimum atomic E-state index is -4.44. The Hall–Kier alpha value is -1.52. The molecule has 3 aliphatic rings. The SMILES string of the molecule is O=C(Nc1ccccc1C(F)(F)F)C1[C@H]2[C@H]3CC[C@@H](C3)[C@H]12. The van der Waals surface area contributed by atoms with Gasteiger partial charge >= 0.3 is 6.18 Å². The molecule has 0 aliphatic heterocycles. The molecule has 0 aromatic heterocycles. The van der Waals surface area contributed by atoms with Crippen LogP contribution in [-0.4, -0.2) is 5.91 Å². The summed E-state index contributed by atoms with van der Waals surface area (Å²) in [7, 11) is 0. The van der Waals surface area contributed by atoms with Gasteiger partial charge in [-0.05, 0) is 55.1 Å². The topological polar surface area (TPSA) is 29.1 Å². The standard InChI is InChI=1S/C16H16F3NO/c17-16(18,19)10-3-1-2-4-11(10)20-15(21)14-12-8-5-6-9(7-8)13(12)14/h1-4,8-9,12-14H,5-7H2,(H,20,21)/t8-,9-,12-,13-/m0/s1. The Bertz CT molecular complexity index is 581. The van der Waals surface area contributed by atoms with Gasteiger partial charge < -0.3 is 5.32 Å². The van der Waals surface area contributed by atoms with Crippen molar-refractivity contribution in [2.75, 3.05) is 5.32 Å². The number of carbonyl (C=O) groups is 1. The molecule has 2 bridgehead atoms. The largest absolute Gasteiger partial charge is 0.418 e. The van der Waals surface area contributed by atoms with E-state index in [2.05, 4.69) is 5.32 Å². The highest BCUT2D eigenvalue weighted by Crippen LogP contribution is 2.69. The van der Waals surface area contributed by atoms with Crippen molar-refractivity contribution in [1.29, 1.82) is 0 Å². The zero-order valence-electron chi connectivity index (χ0n) is 11.4. The highest BCUT2D eigenvalue weighted by Gasteiger charge is 2.67. The summed E-state index contributed by atoms with van der Waals surface area (Å²) in [5.74, 6) is 1.85. The average molecular weight is 295 g/mol. The number of benzene rings is 1. The van der Waals surface area contributed by atoms with Crippen molar-refractivity contribution in [3.05, 3.63) is 29.8 Å². The molecule has 1 aromatic rings. The maximum atomic E-state index is 12.9. The Morgan fingerprint density at radius 3 is 2.33 bits per heavy atom. The third-order valence-electron chi connectivity index (χ3n) is 5.53. The number of para-hydroxylation sites is 1. The Morgan fingerprint density at radius 2 is 1.71 bits per heavy atom. The van der Waals surface area contributed by atoms with E-state index in [1.165, 1.54) is 37.5 Å². The molecule has 5 heteroatoms. The van der Waals surface area contributed by atoms with Gasteiger partial charge in [-0.25, -0.2) is 0 Å². The minimum Gasteiger partial charge on any atom is -0.325 e. The predicted molar refractivity (Wildman–Crippen MR) is 71.4 cm³/mol. The molecular formula is C16H16F3NO. The van der Waals surface area contributed by atoms with Gasteiger partial charge in [-0.2, -0.15) is 13.2 Å². The van der Waals surface area contributed by atoms with Crippen LogP contribution in [0.1, 0.15) is 24.8 Å². The summed E-state index contributed by atoms with van der Waals surface area (Å²) in [6.07, 6.45) is -0.843. The number of rotatable bonds is 2. The summed E-state index contributed by atoms with van der Waals surface area (Å²) in [5.41, 5.74) is -0.889. The molecule has 0 saturated heterocycles. The van der Waals surface area contributed by atoms with E-state index < -0.39 is 11.7 Å². The molecule has 1 aromatic carbocycles. The first kappa shape index (κ1) is 13.2. The minimum absolute atomic E-state index is 0.0578. The molecule has 1 N–H and O–H groups in total. The van der Waals surface area contributed by atoms with Gasteiger partial charge in [0.2, 0.25) is 5.91 Å². The van der Waals surface area contributed by atoms with Crippen LogP contribution in [-0.2, 0) is 11.0 Å². The highest BCUT2D eigenvalue weighted by atomic mass is 19.4. The van der Waals surface area contributed by atoms with Gasteiger partial charge in [0.25, 0.3) is 0 Å². The normalized spacial score (nSPS) is 36.4. The van der Waals surface area contributed by atoms with E-state index in [9.17, 15) is 18.0 Å². The number of anilines is 1. The second-order valence-electron chi connectivity index (χ2n) is 6.55. The molecule has 2 nitrogen and oxygen atoms in total. The average Bonchev–Trinajstić information content (AvgIpc) is 2.87. The fourth-order valence-corrected chi connectivity index (χ4v) is 4.73. The lowest BCUT2D eigenvalue weighted by molar-refractivity contribution is -0.137. The molecule has 3 aliphatic carbocycles. The van der Waals surface area contributed by atoms with Crippen molar-refractivity contribution in [3.8, 4) is 0 Å². The summed E-state index contributed by atoms with van der Waals surface area (Å²) in [6, 6.07) is 5.19. The van der Waals surface area contributed by atoms with Gasteiger partial charge in [0, 0.05) is 5.92 Å². The fourth-order valence-electron chi connectivity index (χ4n) is 4.73. The second-order valence-corrected chi connectivity index (χ2v) is 6.55. The number of amides is 1. The van der Waals surface area contributed by atoms with Gasteiger partial charge in [-0.15, -0.1) is 0 Å². The summed E-state index contributed by atoms with van der Waals surface area (Å²) >= 11 is 0. The number of hydrogen-bond donors (Lipinski definition) is 1. The van der Waals surface area contributed by atoms with Crippen LogP contribution in [0.4, 0.5) is 18.9 Å². The van der Waals surface area contributed by atoms with Crippen molar-refractivity contribution < 1.29 is 18.0 Å². The summed E-state index contributed by atoms with van der Waals surface area (Å²) in [6.45, 7) is 0. The van der Waals surface area contributed by atoms with Gasteiger partial charge in [-0.1, -0.05) is 12.1 Å². The first-order valence-corrected chi connectivity index (χ1v) is 7.44. The van der Waals surface area contributed by atoms with E-state index in [4.69, 9.17) is 0 Å². The Kier molecular flexibility index (Phi) is 2.66. The maximum Gasteiger partial charge on any atom is 0.418 e. The van der Waals surface area contributed by atoms with Crippen LogP contribution in [0.15, 0.2) is 24.3 Å². The number of alkyl halides is 3. The Labute approximate surface area is 120 Å². The molecule has 0 radical (unpaired) electrons. The first-order valence-electron chi connectivity index (χ1n) is 7.44. The van der Waals surface area contributed by atoms with Crippen LogP contribution in [0.5, 0.6) is 0 Å². The van der Waals surface area contributed by atoms with Crippen LogP contribution in [0.3, 0.4) is 0 Å². The maximum absolute atomic E-state index is 12.9. The summed E-state index contributed by atoms with van der Waals surface area (Å²) < 4.78 is 38.8.